The summed E-state index contributed by atoms with van der Waals surface area (Å²) in [5.41, 5.74) is 0. The zero-order valence-electron chi connectivity index (χ0n) is 33.4. The van der Waals surface area contributed by atoms with Gasteiger partial charge in [0.1, 0.15) is 36.6 Å². The largest absolute Gasteiger partial charge is 0.394 e. The third-order valence-corrected chi connectivity index (χ3v) is 9.81. The molecule has 0 radical (unpaired) electrons. The maximum absolute atomic E-state index is 13.0. The van der Waals surface area contributed by atoms with Crippen LogP contribution >= 0.6 is 0 Å². The Kier molecular flexibility index (Phi) is 30.8. The minimum atomic E-state index is -1.67. The molecular weight excluding hydrogens is 690 g/mol. The van der Waals surface area contributed by atoms with Crippen LogP contribution in [0.25, 0.3) is 0 Å². The van der Waals surface area contributed by atoms with E-state index in [1.807, 2.05) is 0 Å². The van der Waals surface area contributed by atoms with E-state index in [2.05, 4.69) is 67.8 Å². The first kappa shape index (κ1) is 50.1. The predicted octanol–water partition coefficient (Wildman–Crippen LogP) is 5.83. The molecule has 11 heteroatoms. The Hall–Kier alpha value is -1.93. The van der Waals surface area contributed by atoms with Crippen molar-refractivity contribution in [3.8, 4) is 0 Å². The van der Waals surface area contributed by atoms with Crippen LogP contribution in [-0.4, -0.2) is 110 Å². The molecule has 1 fully saturated rings. The van der Waals surface area contributed by atoms with Crippen molar-refractivity contribution in [3.05, 3.63) is 48.6 Å². The summed E-state index contributed by atoms with van der Waals surface area (Å²) in [6, 6.07) is -1.20. The molecule has 0 saturated carbocycles. The van der Waals surface area contributed by atoms with Crippen molar-refractivity contribution in [1.29, 1.82) is 0 Å². The number of amides is 1. The minimum Gasteiger partial charge on any atom is -0.394 e. The van der Waals surface area contributed by atoms with Gasteiger partial charge in [-0.05, 0) is 83.5 Å². The number of carbonyl (C=O) groups is 1. The molecule has 0 aromatic rings. The lowest BCUT2D eigenvalue weighted by atomic mass is 9.98. The zero-order valence-corrected chi connectivity index (χ0v) is 33.4. The molecule has 0 aliphatic carbocycles. The smallest absolute Gasteiger partial charge is 0.249 e. The fourth-order valence-electron chi connectivity index (χ4n) is 6.22. The second-order valence-corrected chi connectivity index (χ2v) is 14.7. The van der Waals surface area contributed by atoms with Crippen molar-refractivity contribution >= 4 is 5.91 Å². The molecule has 0 bridgehead atoms. The van der Waals surface area contributed by atoms with Gasteiger partial charge in [-0.15, -0.1) is 0 Å². The van der Waals surface area contributed by atoms with E-state index in [4.69, 9.17) is 9.47 Å². The van der Waals surface area contributed by atoms with Crippen molar-refractivity contribution in [3.63, 3.8) is 0 Å². The average Bonchev–Trinajstić information content (AvgIpc) is 3.17. The topological polar surface area (TPSA) is 189 Å². The highest BCUT2D eigenvalue weighted by molar-refractivity contribution is 5.80. The Labute approximate surface area is 326 Å². The Balaban J connectivity index is 2.55. The van der Waals surface area contributed by atoms with E-state index in [1.54, 1.807) is 0 Å². The molecule has 1 rings (SSSR count). The van der Waals surface area contributed by atoms with Gasteiger partial charge in [-0.1, -0.05) is 114 Å². The van der Waals surface area contributed by atoms with Gasteiger partial charge in [0.25, 0.3) is 0 Å². The third-order valence-electron chi connectivity index (χ3n) is 9.81. The number of carbonyl (C=O) groups excluding carboxylic acids is 1. The SMILES string of the molecule is CCCC/C=C\CCCCCC(O)C(=O)NC(COC1OC(CO)C(O)C(O)C1O)C(O)C(O)CCC/C=C/CC/C=C/CC/C=C/CCCCCCC. The second kappa shape index (κ2) is 33.2. The molecule has 0 spiro atoms. The molecule has 1 aliphatic heterocycles. The molecule has 9 atom stereocenters. The normalized spacial score (nSPS) is 23.2. The van der Waals surface area contributed by atoms with Crippen LogP contribution in [0.1, 0.15) is 149 Å². The number of ether oxygens (including phenoxy) is 2. The molecular formula is C43H77NO10. The van der Waals surface area contributed by atoms with E-state index in [-0.39, 0.29) is 12.8 Å². The van der Waals surface area contributed by atoms with Crippen LogP contribution in [0.2, 0.25) is 0 Å². The van der Waals surface area contributed by atoms with Gasteiger partial charge >= 0.3 is 0 Å². The van der Waals surface area contributed by atoms with Gasteiger partial charge in [0.05, 0.1) is 25.4 Å². The summed E-state index contributed by atoms with van der Waals surface area (Å²) in [5.74, 6) is -0.732. The summed E-state index contributed by atoms with van der Waals surface area (Å²) in [7, 11) is 0. The molecule has 1 saturated heterocycles. The van der Waals surface area contributed by atoms with Crippen molar-refractivity contribution in [2.75, 3.05) is 13.2 Å². The molecule has 1 amide bonds. The highest BCUT2D eigenvalue weighted by Gasteiger charge is 2.44. The number of unbranched alkanes of at least 4 members (excludes halogenated alkanes) is 13. The number of allylic oxidation sites excluding steroid dienone is 8. The van der Waals surface area contributed by atoms with Crippen LogP contribution in [0.5, 0.6) is 0 Å². The number of nitrogens with one attached hydrogen (secondary N) is 1. The first-order valence-corrected chi connectivity index (χ1v) is 21.0. The van der Waals surface area contributed by atoms with Crippen molar-refractivity contribution in [2.24, 2.45) is 0 Å². The first-order chi connectivity index (χ1) is 26.2. The zero-order chi connectivity index (χ0) is 39.8. The van der Waals surface area contributed by atoms with Crippen LogP contribution in [0, 0.1) is 0 Å². The van der Waals surface area contributed by atoms with Gasteiger partial charge in [0.2, 0.25) is 5.91 Å². The molecule has 54 heavy (non-hydrogen) atoms. The summed E-state index contributed by atoms with van der Waals surface area (Å²) in [6.45, 7) is 3.30. The third kappa shape index (κ3) is 23.2. The monoisotopic (exact) mass is 768 g/mol. The van der Waals surface area contributed by atoms with Gasteiger partial charge in [0.15, 0.2) is 6.29 Å². The van der Waals surface area contributed by atoms with Crippen LogP contribution < -0.4 is 5.32 Å². The van der Waals surface area contributed by atoms with Crippen molar-refractivity contribution < 1.29 is 50.0 Å². The Morgan fingerprint density at radius 2 is 1.13 bits per heavy atom. The van der Waals surface area contributed by atoms with E-state index in [1.165, 1.54) is 44.9 Å². The van der Waals surface area contributed by atoms with Crippen LogP contribution in [0.15, 0.2) is 48.6 Å². The molecule has 8 N–H and O–H groups in total. The molecule has 1 heterocycles. The Morgan fingerprint density at radius 3 is 1.69 bits per heavy atom. The molecule has 314 valence electrons. The van der Waals surface area contributed by atoms with Gasteiger partial charge in [-0.25, -0.2) is 0 Å². The number of hydrogen-bond acceptors (Lipinski definition) is 10. The lowest BCUT2D eigenvalue weighted by Crippen LogP contribution is -2.60. The van der Waals surface area contributed by atoms with Gasteiger partial charge in [0, 0.05) is 0 Å². The molecule has 1 aliphatic rings. The van der Waals surface area contributed by atoms with Gasteiger partial charge < -0.3 is 50.5 Å². The summed E-state index contributed by atoms with van der Waals surface area (Å²) in [5, 5.41) is 75.2. The fraction of sp³-hybridized carbons (Fsp3) is 0.791. The lowest BCUT2D eigenvalue weighted by Gasteiger charge is -2.40. The fourth-order valence-corrected chi connectivity index (χ4v) is 6.22. The number of rotatable bonds is 33. The summed E-state index contributed by atoms with van der Waals surface area (Å²) < 4.78 is 11.0. The minimum absolute atomic E-state index is 0.225. The van der Waals surface area contributed by atoms with Crippen LogP contribution in [0.3, 0.4) is 0 Å². The van der Waals surface area contributed by atoms with Gasteiger partial charge in [-0.3, -0.25) is 4.79 Å². The van der Waals surface area contributed by atoms with Crippen LogP contribution in [0.4, 0.5) is 0 Å². The molecule has 11 nitrogen and oxygen atoms in total. The van der Waals surface area contributed by atoms with E-state index < -0.39 is 74.2 Å². The van der Waals surface area contributed by atoms with E-state index >= 15 is 0 Å². The Morgan fingerprint density at radius 1 is 0.630 bits per heavy atom. The summed E-state index contributed by atoms with van der Waals surface area (Å²) >= 11 is 0. The number of hydrogen-bond donors (Lipinski definition) is 8. The highest BCUT2D eigenvalue weighted by Crippen LogP contribution is 2.23. The number of aliphatic hydroxyl groups excluding tert-OH is 7. The maximum atomic E-state index is 13.0. The van der Waals surface area contributed by atoms with Crippen LogP contribution in [-0.2, 0) is 14.3 Å². The standard InChI is InChI=1S/C43H77NO10/c1-3-5-7-9-11-13-14-15-16-17-18-19-20-21-23-24-26-28-30-35(46)38(48)34(33-53-43-41(51)40(50)39(49)37(32-45)54-43)44-42(52)36(47)31-29-27-25-22-12-10-8-6-4-2/h10,12,14-15,18-19,23-24,34-41,43,45-51H,3-9,11,13,16-17,20-22,25-33H2,1-2H3,(H,44,52)/b12-10-,15-14+,19-18+,24-23+. The predicted molar refractivity (Wildman–Crippen MR) is 215 cm³/mol. The van der Waals surface area contributed by atoms with E-state index in [9.17, 15) is 40.5 Å². The van der Waals surface area contributed by atoms with E-state index in [0.717, 1.165) is 57.8 Å². The van der Waals surface area contributed by atoms with Crippen molar-refractivity contribution in [1.82, 2.24) is 5.32 Å². The molecule has 9 unspecified atom stereocenters. The quantitative estimate of drug-likeness (QED) is 0.0298. The summed E-state index contributed by atoms with van der Waals surface area (Å²) in [4.78, 5) is 13.0. The molecule has 0 aromatic carbocycles. The average molecular weight is 768 g/mol. The van der Waals surface area contributed by atoms with Gasteiger partial charge in [-0.2, -0.15) is 0 Å². The van der Waals surface area contributed by atoms with E-state index in [0.29, 0.717) is 19.3 Å². The Bertz CT molecular complexity index is 1020. The van der Waals surface area contributed by atoms with Crippen molar-refractivity contribution in [2.45, 2.75) is 204 Å². The summed E-state index contributed by atoms with van der Waals surface area (Å²) in [6.07, 6.45) is 26.1. The lowest BCUT2D eigenvalue weighted by molar-refractivity contribution is -0.303. The second-order valence-electron chi connectivity index (χ2n) is 14.7. The maximum Gasteiger partial charge on any atom is 0.249 e. The first-order valence-electron chi connectivity index (χ1n) is 21.0. The molecule has 0 aromatic heterocycles. The highest BCUT2D eigenvalue weighted by atomic mass is 16.7. The number of aliphatic hydroxyl groups is 7.